The van der Waals surface area contributed by atoms with Gasteiger partial charge in [-0.1, -0.05) is 6.07 Å². The molecule has 4 aromatic rings. The van der Waals surface area contributed by atoms with Crippen LogP contribution in [0.5, 0.6) is 0 Å². The van der Waals surface area contributed by atoms with Crippen LogP contribution in [0.25, 0.3) is 37.9 Å². The number of hydrogen-bond acceptors (Lipinski definition) is 3. The van der Waals surface area contributed by atoms with Gasteiger partial charge in [0.1, 0.15) is 11.3 Å². The molecule has 0 saturated heterocycles. The van der Waals surface area contributed by atoms with Crippen LogP contribution in [0.3, 0.4) is 0 Å². The summed E-state index contributed by atoms with van der Waals surface area (Å²) in [5.74, 6) is 1.32. The number of fused-ring (bicyclic) bond motifs is 1. The monoisotopic (exact) mass is 325 g/mol. The minimum atomic E-state index is 0.422. The third-order valence-corrected chi connectivity index (χ3v) is 3.82. The van der Waals surface area contributed by atoms with Crippen LogP contribution in [0, 0.1) is 20.1 Å². The van der Waals surface area contributed by atoms with Crippen molar-refractivity contribution in [2.24, 2.45) is 0 Å². The standard InChI is InChI=1S/C19H11N5O/c1-12-23-17-8-13(4-5-18(17)25-12)19-22-6-7-24(19)16-10-14(20-2)9-15(11-16)21-3/h4-11H,1H3. The second kappa shape index (κ2) is 5.63. The fraction of sp³-hybridized carbons (Fsp3) is 0.0526. The van der Waals surface area contributed by atoms with Gasteiger partial charge in [0.15, 0.2) is 22.8 Å². The first kappa shape index (κ1) is 14.7. The first-order valence-corrected chi connectivity index (χ1v) is 7.49. The highest BCUT2D eigenvalue weighted by atomic mass is 16.3. The van der Waals surface area contributed by atoms with E-state index in [0.717, 1.165) is 22.4 Å². The van der Waals surface area contributed by atoms with Crippen LogP contribution in [0.15, 0.2) is 53.2 Å². The number of aromatic nitrogens is 3. The average molecular weight is 325 g/mol. The van der Waals surface area contributed by atoms with Crippen LogP contribution < -0.4 is 0 Å². The molecule has 0 saturated carbocycles. The Bertz CT molecular complexity index is 1150. The van der Waals surface area contributed by atoms with Crippen LogP contribution in [-0.4, -0.2) is 14.5 Å². The summed E-state index contributed by atoms with van der Waals surface area (Å²) in [6.45, 7) is 16.3. The van der Waals surface area contributed by atoms with Crippen LogP contribution in [-0.2, 0) is 0 Å². The van der Waals surface area contributed by atoms with Crippen LogP contribution in [0.1, 0.15) is 5.89 Å². The van der Waals surface area contributed by atoms with Crippen molar-refractivity contribution in [3.63, 3.8) is 0 Å². The van der Waals surface area contributed by atoms with E-state index >= 15 is 0 Å². The van der Waals surface area contributed by atoms with Crippen molar-refractivity contribution in [3.05, 3.63) is 77.5 Å². The summed E-state index contributed by atoms with van der Waals surface area (Å²) in [5, 5.41) is 0. The van der Waals surface area contributed by atoms with Gasteiger partial charge in [0.25, 0.3) is 0 Å². The topological polar surface area (TPSA) is 52.6 Å². The summed E-state index contributed by atoms with van der Waals surface area (Å²) in [7, 11) is 0. The smallest absolute Gasteiger partial charge is 0.192 e. The Morgan fingerprint density at radius 2 is 1.80 bits per heavy atom. The molecular formula is C19H11N5O. The molecule has 2 aromatic heterocycles. The van der Waals surface area contributed by atoms with Gasteiger partial charge in [-0.15, -0.1) is 0 Å². The van der Waals surface area contributed by atoms with Gasteiger partial charge in [-0.2, -0.15) is 0 Å². The molecule has 0 atom stereocenters. The van der Waals surface area contributed by atoms with E-state index in [1.54, 1.807) is 24.4 Å². The third kappa shape index (κ3) is 2.52. The molecule has 0 fully saturated rings. The molecule has 25 heavy (non-hydrogen) atoms. The predicted molar refractivity (Wildman–Crippen MR) is 93.8 cm³/mol. The molecule has 0 aliphatic carbocycles. The molecule has 0 spiro atoms. The van der Waals surface area contributed by atoms with E-state index in [-0.39, 0.29) is 0 Å². The molecule has 118 valence electrons. The molecular weight excluding hydrogens is 314 g/mol. The van der Waals surface area contributed by atoms with E-state index in [1.165, 1.54) is 0 Å². The van der Waals surface area contributed by atoms with Gasteiger partial charge in [-0.25, -0.2) is 19.7 Å². The quantitative estimate of drug-likeness (QED) is 0.482. The molecule has 0 amide bonds. The number of aryl methyl sites for hydroxylation is 1. The number of rotatable bonds is 2. The van der Waals surface area contributed by atoms with Gasteiger partial charge in [0.05, 0.1) is 13.1 Å². The summed E-state index contributed by atoms with van der Waals surface area (Å²) < 4.78 is 7.37. The molecule has 0 unspecified atom stereocenters. The second-order valence-corrected chi connectivity index (χ2v) is 5.47. The van der Waals surface area contributed by atoms with Crippen molar-refractivity contribution in [2.45, 2.75) is 6.92 Å². The lowest BCUT2D eigenvalue weighted by Gasteiger charge is -2.09. The number of oxazole rings is 1. The van der Waals surface area contributed by atoms with E-state index in [2.05, 4.69) is 19.7 Å². The lowest BCUT2D eigenvalue weighted by molar-refractivity contribution is 0.561. The highest BCUT2D eigenvalue weighted by Gasteiger charge is 2.12. The molecule has 0 aliphatic heterocycles. The number of hydrogen-bond donors (Lipinski definition) is 0. The minimum absolute atomic E-state index is 0.422. The van der Waals surface area contributed by atoms with Gasteiger partial charge >= 0.3 is 0 Å². The Balaban J connectivity index is 1.88. The van der Waals surface area contributed by atoms with Crippen molar-refractivity contribution < 1.29 is 4.42 Å². The minimum Gasteiger partial charge on any atom is -0.441 e. The van der Waals surface area contributed by atoms with E-state index < -0.39 is 0 Å². The first-order valence-electron chi connectivity index (χ1n) is 7.49. The van der Waals surface area contributed by atoms with Crippen molar-refractivity contribution in [1.82, 2.24) is 14.5 Å². The lowest BCUT2D eigenvalue weighted by Crippen LogP contribution is -1.96. The number of nitrogens with zero attached hydrogens (tertiary/aromatic N) is 5. The molecule has 0 N–H and O–H groups in total. The van der Waals surface area contributed by atoms with E-state index in [9.17, 15) is 0 Å². The van der Waals surface area contributed by atoms with Gasteiger partial charge < -0.3 is 8.98 Å². The first-order chi connectivity index (χ1) is 12.2. The van der Waals surface area contributed by atoms with Crippen molar-refractivity contribution in [3.8, 4) is 17.1 Å². The van der Waals surface area contributed by atoms with Crippen LogP contribution in [0.4, 0.5) is 11.4 Å². The summed E-state index contributed by atoms with van der Waals surface area (Å²) >= 11 is 0. The summed E-state index contributed by atoms with van der Waals surface area (Å²) in [6, 6.07) is 10.8. The normalized spacial score (nSPS) is 10.5. The maximum Gasteiger partial charge on any atom is 0.192 e. The molecule has 6 nitrogen and oxygen atoms in total. The zero-order chi connectivity index (χ0) is 17.4. The Kier molecular flexibility index (Phi) is 3.30. The van der Waals surface area contributed by atoms with Crippen molar-refractivity contribution in [1.29, 1.82) is 0 Å². The number of benzene rings is 2. The van der Waals surface area contributed by atoms with Crippen molar-refractivity contribution >= 4 is 22.5 Å². The maximum absolute atomic E-state index is 7.23. The summed E-state index contributed by atoms with van der Waals surface area (Å²) in [4.78, 5) is 15.7. The van der Waals surface area contributed by atoms with Crippen LogP contribution in [0.2, 0.25) is 0 Å². The van der Waals surface area contributed by atoms with E-state index in [1.807, 2.05) is 35.9 Å². The Morgan fingerprint density at radius 1 is 1.04 bits per heavy atom. The van der Waals surface area contributed by atoms with Crippen molar-refractivity contribution in [2.75, 3.05) is 0 Å². The van der Waals surface area contributed by atoms with E-state index in [0.29, 0.717) is 23.1 Å². The van der Waals surface area contributed by atoms with Crippen LogP contribution >= 0.6 is 0 Å². The molecule has 0 radical (unpaired) electrons. The second-order valence-electron chi connectivity index (χ2n) is 5.47. The molecule has 4 rings (SSSR count). The Morgan fingerprint density at radius 3 is 2.52 bits per heavy atom. The zero-order valence-electron chi connectivity index (χ0n) is 13.3. The molecule has 2 aromatic carbocycles. The lowest BCUT2D eigenvalue weighted by atomic mass is 10.2. The highest BCUT2D eigenvalue weighted by molar-refractivity contribution is 5.79. The largest absolute Gasteiger partial charge is 0.441 e. The zero-order valence-corrected chi connectivity index (χ0v) is 13.3. The van der Waals surface area contributed by atoms with Gasteiger partial charge in [-0.3, -0.25) is 0 Å². The third-order valence-electron chi connectivity index (χ3n) is 3.82. The number of imidazole rings is 1. The summed E-state index contributed by atoms with van der Waals surface area (Å²) in [6.07, 6.45) is 3.50. The predicted octanol–water partition coefficient (Wildman–Crippen LogP) is 5.09. The molecule has 2 heterocycles. The average Bonchev–Trinajstić information content (AvgIpc) is 3.25. The molecule has 0 aliphatic rings. The fourth-order valence-corrected chi connectivity index (χ4v) is 2.75. The maximum atomic E-state index is 7.23. The fourth-order valence-electron chi connectivity index (χ4n) is 2.75. The van der Waals surface area contributed by atoms with Gasteiger partial charge in [0, 0.05) is 30.6 Å². The van der Waals surface area contributed by atoms with Gasteiger partial charge in [0.2, 0.25) is 0 Å². The SMILES string of the molecule is [C-]#[N+]c1cc([N+]#[C-])cc(-n2ccnc2-c2ccc3oc(C)nc3c2)c1. The highest BCUT2D eigenvalue weighted by Crippen LogP contribution is 2.30. The Labute approximate surface area is 143 Å². The van der Waals surface area contributed by atoms with E-state index in [4.69, 9.17) is 17.6 Å². The molecule has 0 bridgehead atoms. The summed E-state index contributed by atoms with van der Waals surface area (Å²) in [5.41, 5.74) is 3.94. The Hall–Kier alpha value is -3.90. The van der Waals surface area contributed by atoms with Gasteiger partial charge in [-0.05, 0) is 30.3 Å². The molecule has 6 heteroatoms.